The first-order valence-electron chi connectivity index (χ1n) is 5.36. The van der Waals surface area contributed by atoms with E-state index < -0.39 is 15.8 Å². The van der Waals surface area contributed by atoms with Gasteiger partial charge in [0.25, 0.3) is 0 Å². The first-order valence-corrected chi connectivity index (χ1v) is 6.84. The summed E-state index contributed by atoms with van der Waals surface area (Å²) in [6.07, 6.45) is 3.91. The van der Waals surface area contributed by atoms with Crippen molar-refractivity contribution in [3.63, 3.8) is 0 Å². The van der Waals surface area contributed by atoms with Crippen molar-refractivity contribution in [2.45, 2.75) is 36.6 Å². The molecule has 0 amide bonds. The van der Waals surface area contributed by atoms with Gasteiger partial charge in [-0.2, -0.15) is 0 Å². The van der Waals surface area contributed by atoms with E-state index in [1.807, 2.05) is 0 Å². The Labute approximate surface area is 94.7 Å². The summed E-state index contributed by atoms with van der Waals surface area (Å²) in [6, 6.07) is 4.92. The van der Waals surface area contributed by atoms with E-state index >= 15 is 0 Å². The Kier molecular flexibility index (Phi) is 3.25. The van der Waals surface area contributed by atoms with Crippen LogP contribution < -0.4 is 4.72 Å². The zero-order chi connectivity index (χ0) is 11.6. The van der Waals surface area contributed by atoms with Crippen LogP contribution in [0.5, 0.6) is 0 Å². The van der Waals surface area contributed by atoms with E-state index in [0.29, 0.717) is 0 Å². The molecule has 0 atom stereocenters. The smallest absolute Gasteiger partial charge is 0.208 e. The topological polar surface area (TPSA) is 46.2 Å². The van der Waals surface area contributed by atoms with Gasteiger partial charge in [0.2, 0.25) is 10.0 Å². The van der Waals surface area contributed by atoms with E-state index in [-0.39, 0.29) is 10.9 Å². The molecule has 1 aliphatic carbocycles. The number of sulfonamides is 1. The van der Waals surface area contributed by atoms with Crippen LogP contribution in [-0.4, -0.2) is 14.5 Å². The Hall–Kier alpha value is -0.940. The molecule has 0 radical (unpaired) electrons. The summed E-state index contributed by atoms with van der Waals surface area (Å²) >= 11 is 0. The van der Waals surface area contributed by atoms with Crippen LogP contribution in [-0.2, 0) is 10.0 Å². The molecule has 1 fully saturated rings. The lowest BCUT2D eigenvalue weighted by Gasteiger charge is -2.12. The summed E-state index contributed by atoms with van der Waals surface area (Å²) in [7, 11) is -3.48. The van der Waals surface area contributed by atoms with Crippen molar-refractivity contribution >= 4 is 10.0 Å². The van der Waals surface area contributed by atoms with Crippen LogP contribution in [0.4, 0.5) is 4.39 Å². The third-order valence-electron chi connectivity index (χ3n) is 2.80. The number of nitrogens with one attached hydrogen (secondary N) is 1. The summed E-state index contributed by atoms with van der Waals surface area (Å²) < 4.78 is 39.0. The molecule has 1 saturated carbocycles. The summed E-state index contributed by atoms with van der Waals surface area (Å²) in [5.74, 6) is -0.431. The number of hydrogen-bond acceptors (Lipinski definition) is 2. The van der Waals surface area contributed by atoms with E-state index in [9.17, 15) is 12.8 Å². The lowest BCUT2D eigenvalue weighted by Crippen LogP contribution is -2.32. The van der Waals surface area contributed by atoms with Crippen LogP contribution in [0.1, 0.15) is 25.7 Å². The van der Waals surface area contributed by atoms with Crippen molar-refractivity contribution < 1.29 is 12.8 Å². The van der Waals surface area contributed by atoms with Gasteiger partial charge in [-0.25, -0.2) is 17.5 Å². The standard InChI is InChI=1S/C11H14FNO2S/c12-9-5-7-11(8-6-9)16(14,15)13-10-3-1-2-4-10/h5-8,10,13H,1-4H2. The quantitative estimate of drug-likeness (QED) is 0.883. The number of hydrogen-bond donors (Lipinski definition) is 1. The minimum atomic E-state index is -3.48. The molecular formula is C11H14FNO2S. The van der Waals surface area contributed by atoms with Crippen LogP contribution in [0, 0.1) is 5.82 Å². The highest BCUT2D eigenvalue weighted by Gasteiger charge is 2.22. The van der Waals surface area contributed by atoms with Crippen molar-refractivity contribution in [3.8, 4) is 0 Å². The molecule has 88 valence electrons. The molecule has 1 aromatic carbocycles. The van der Waals surface area contributed by atoms with Gasteiger partial charge in [0.05, 0.1) is 4.90 Å². The maximum atomic E-state index is 12.7. The molecule has 1 N–H and O–H groups in total. The van der Waals surface area contributed by atoms with Crippen LogP contribution >= 0.6 is 0 Å². The minimum Gasteiger partial charge on any atom is -0.208 e. The molecule has 0 heterocycles. The lowest BCUT2D eigenvalue weighted by molar-refractivity contribution is 0.552. The predicted molar refractivity (Wildman–Crippen MR) is 59.0 cm³/mol. The molecule has 16 heavy (non-hydrogen) atoms. The van der Waals surface area contributed by atoms with Crippen LogP contribution in [0.15, 0.2) is 29.2 Å². The molecule has 2 rings (SSSR count). The van der Waals surface area contributed by atoms with Gasteiger partial charge in [0.15, 0.2) is 0 Å². The molecule has 0 saturated heterocycles. The van der Waals surface area contributed by atoms with E-state index in [1.165, 1.54) is 12.1 Å². The van der Waals surface area contributed by atoms with E-state index in [1.54, 1.807) is 0 Å². The van der Waals surface area contributed by atoms with Crippen molar-refractivity contribution in [1.82, 2.24) is 4.72 Å². The van der Waals surface area contributed by atoms with Gasteiger partial charge in [0.1, 0.15) is 5.82 Å². The number of halogens is 1. The van der Waals surface area contributed by atoms with Gasteiger partial charge in [-0.15, -0.1) is 0 Å². The van der Waals surface area contributed by atoms with E-state index in [2.05, 4.69) is 4.72 Å². The van der Waals surface area contributed by atoms with Gasteiger partial charge in [-0.1, -0.05) is 12.8 Å². The monoisotopic (exact) mass is 243 g/mol. The first kappa shape index (κ1) is 11.5. The Balaban J connectivity index is 2.14. The predicted octanol–water partition coefficient (Wildman–Crippen LogP) is 2.05. The first-order chi connectivity index (χ1) is 7.58. The van der Waals surface area contributed by atoms with Crippen molar-refractivity contribution in [1.29, 1.82) is 0 Å². The van der Waals surface area contributed by atoms with Gasteiger partial charge in [-0.05, 0) is 37.1 Å². The Morgan fingerprint density at radius 3 is 2.25 bits per heavy atom. The highest BCUT2D eigenvalue weighted by atomic mass is 32.2. The third kappa shape index (κ3) is 2.59. The van der Waals surface area contributed by atoms with Gasteiger partial charge in [-0.3, -0.25) is 0 Å². The molecule has 0 bridgehead atoms. The molecule has 0 aromatic heterocycles. The second-order valence-corrected chi connectivity index (χ2v) is 5.77. The highest BCUT2D eigenvalue weighted by Crippen LogP contribution is 2.20. The van der Waals surface area contributed by atoms with Gasteiger partial charge < -0.3 is 0 Å². The maximum absolute atomic E-state index is 12.7. The molecule has 0 spiro atoms. The summed E-state index contributed by atoms with van der Waals surface area (Å²) in [5.41, 5.74) is 0. The third-order valence-corrected chi connectivity index (χ3v) is 4.34. The van der Waals surface area contributed by atoms with Crippen molar-refractivity contribution in [3.05, 3.63) is 30.1 Å². The number of rotatable bonds is 3. The van der Waals surface area contributed by atoms with E-state index in [4.69, 9.17) is 0 Å². The van der Waals surface area contributed by atoms with Crippen LogP contribution in [0.25, 0.3) is 0 Å². The van der Waals surface area contributed by atoms with Gasteiger partial charge in [0, 0.05) is 6.04 Å². The zero-order valence-electron chi connectivity index (χ0n) is 8.82. The summed E-state index contributed by atoms with van der Waals surface area (Å²) in [6.45, 7) is 0. The fourth-order valence-electron chi connectivity index (χ4n) is 1.94. The Bertz CT molecular complexity index is 449. The largest absolute Gasteiger partial charge is 0.240 e. The van der Waals surface area contributed by atoms with Crippen molar-refractivity contribution in [2.75, 3.05) is 0 Å². The van der Waals surface area contributed by atoms with E-state index in [0.717, 1.165) is 37.8 Å². The molecule has 3 nitrogen and oxygen atoms in total. The fourth-order valence-corrected chi connectivity index (χ4v) is 3.25. The molecular weight excluding hydrogens is 229 g/mol. The molecule has 0 aliphatic heterocycles. The molecule has 1 aromatic rings. The normalized spacial score (nSPS) is 17.8. The average Bonchev–Trinajstić information content (AvgIpc) is 2.70. The Morgan fingerprint density at radius 2 is 1.69 bits per heavy atom. The summed E-state index contributed by atoms with van der Waals surface area (Å²) in [5, 5.41) is 0. The minimum absolute atomic E-state index is 0.0371. The van der Waals surface area contributed by atoms with Gasteiger partial charge >= 0.3 is 0 Å². The molecule has 0 unspecified atom stereocenters. The SMILES string of the molecule is O=S(=O)(NC1CCCC1)c1ccc(F)cc1. The second-order valence-electron chi connectivity index (χ2n) is 4.06. The Morgan fingerprint density at radius 1 is 1.12 bits per heavy atom. The van der Waals surface area contributed by atoms with Crippen LogP contribution in [0.2, 0.25) is 0 Å². The fraction of sp³-hybridized carbons (Fsp3) is 0.455. The molecule has 1 aliphatic rings. The van der Waals surface area contributed by atoms with Crippen molar-refractivity contribution in [2.24, 2.45) is 0 Å². The lowest BCUT2D eigenvalue weighted by atomic mass is 10.3. The van der Waals surface area contributed by atoms with Crippen LogP contribution in [0.3, 0.4) is 0 Å². The zero-order valence-corrected chi connectivity index (χ0v) is 9.63. The second kappa shape index (κ2) is 4.51. The maximum Gasteiger partial charge on any atom is 0.240 e. The summed E-state index contributed by atoms with van der Waals surface area (Å²) in [4.78, 5) is 0.126. The molecule has 5 heteroatoms. The highest BCUT2D eigenvalue weighted by molar-refractivity contribution is 7.89. The number of benzene rings is 1. The average molecular weight is 243 g/mol.